The lowest BCUT2D eigenvalue weighted by atomic mass is 10.2. The first-order chi connectivity index (χ1) is 10.3. The number of rotatable bonds is 7. The monoisotopic (exact) mass is 286 g/mol. The maximum atomic E-state index is 8.00. The summed E-state index contributed by atoms with van der Waals surface area (Å²) in [5.41, 5.74) is 1.68. The van der Waals surface area contributed by atoms with E-state index >= 15 is 0 Å². The van der Waals surface area contributed by atoms with Gasteiger partial charge in [0, 0.05) is 11.8 Å². The average molecular weight is 286 g/mol. The predicted molar refractivity (Wildman–Crippen MR) is 80.0 cm³/mol. The number of pyridine rings is 1. The van der Waals surface area contributed by atoms with Gasteiger partial charge in [0.05, 0.1) is 12.2 Å². The maximum absolute atomic E-state index is 8.00. The second kappa shape index (κ2) is 7.98. The minimum atomic E-state index is 0.337. The van der Waals surface area contributed by atoms with Gasteiger partial charge in [-0.3, -0.25) is 10.4 Å². The molecular weight excluding hydrogens is 268 g/mol. The summed E-state index contributed by atoms with van der Waals surface area (Å²) in [6.45, 7) is 1.25. The molecule has 6 heteroatoms. The van der Waals surface area contributed by atoms with Gasteiger partial charge in [-0.05, 0) is 36.4 Å². The van der Waals surface area contributed by atoms with Crippen LogP contribution in [-0.4, -0.2) is 24.0 Å². The summed E-state index contributed by atoms with van der Waals surface area (Å²) in [6, 6.07) is 13.0. The summed E-state index contributed by atoms with van der Waals surface area (Å²) in [7, 11) is 0. The van der Waals surface area contributed by atoms with E-state index in [0.717, 1.165) is 11.3 Å². The van der Waals surface area contributed by atoms with Crippen molar-refractivity contribution >= 4 is 5.84 Å². The van der Waals surface area contributed by atoms with Gasteiger partial charge in [-0.2, -0.15) is 0 Å². The molecule has 0 atom stereocenters. The summed E-state index contributed by atoms with van der Waals surface area (Å²) in [5.74, 6) is 5.98. The van der Waals surface area contributed by atoms with E-state index in [-0.39, 0.29) is 0 Å². The molecule has 0 unspecified atom stereocenters. The van der Waals surface area contributed by atoms with E-state index in [1.807, 2.05) is 42.5 Å². The zero-order chi connectivity index (χ0) is 14.9. The Hall–Kier alpha value is -2.44. The van der Waals surface area contributed by atoms with E-state index in [2.05, 4.69) is 15.1 Å². The van der Waals surface area contributed by atoms with Crippen molar-refractivity contribution in [1.29, 1.82) is 5.41 Å². The third-order valence-electron chi connectivity index (χ3n) is 2.79. The molecule has 2 rings (SSSR count). The van der Waals surface area contributed by atoms with Crippen LogP contribution in [0.3, 0.4) is 0 Å². The summed E-state index contributed by atoms with van der Waals surface area (Å²) < 4.78 is 5.40. The summed E-state index contributed by atoms with van der Waals surface area (Å²) in [4.78, 5) is 8.62. The van der Waals surface area contributed by atoms with Crippen molar-refractivity contribution in [2.24, 2.45) is 5.90 Å². The molecule has 21 heavy (non-hydrogen) atoms. The van der Waals surface area contributed by atoms with Crippen LogP contribution in [0.4, 0.5) is 0 Å². The Morgan fingerprint density at radius 2 is 1.95 bits per heavy atom. The molecule has 110 valence electrons. The van der Waals surface area contributed by atoms with Crippen LogP contribution in [0.2, 0.25) is 0 Å². The van der Waals surface area contributed by atoms with Crippen molar-refractivity contribution in [3.63, 3.8) is 0 Å². The number of ether oxygens (including phenoxy) is 1. The highest BCUT2D eigenvalue weighted by molar-refractivity contribution is 5.96. The highest BCUT2D eigenvalue weighted by atomic mass is 16.6. The first-order valence-corrected chi connectivity index (χ1v) is 6.57. The molecule has 0 saturated heterocycles. The second-order valence-corrected chi connectivity index (χ2v) is 4.29. The fourth-order valence-corrected chi connectivity index (χ4v) is 1.71. The lowest BCUT2D eigenvalue weighted by Crippen LogP contribution is -2.23. The molecule has 0 aliphatic carbocycles. The van der Waals surface area contributed by atoms with Gasteiger partial charge >= 0.3 is 0 Å². The van der Waals surface area contributed by atoms with Crippen molar-refractivity contribution in [3.8, 4) is 5.75 Å². The van der Waals surface area contributed by atoms with Crippen LogP contribution in [0.5, 0.6) is 5.75 Å². The van der Waals surface area contributed by atoms with Gasteiger partial charge in [0.2, 0.25) is 0 Å². The van der Waals surface area contributed by atoms with Gasteiger partial charge in [0.25, 0.3) is 0 Å². The molecule has 1 aromatic carbocycles. The third-order valence-corrected chi connectivity index (χ3v) is 2.79. The maximum Gasteiger partial charge on any atom is 0.125 e. The molecule has 4 N–H and O–H groups in total. The molecule has 0 amide bonds. The van der Waals surface area contributed by atoms with Crippen molar-refractivity contribution in [3.05, 3.63) is 59.9 Å². The Labute approximate surface area is 123 Å². The molecule has 0 bridgehead atoms. The Balaban J connectivity index is 1.85. The van der Waals surface area contributed by atoms with E-state index in [0.29, 0.717) is 31.3 Å². The van der Waals surface area contributed by atoms with Crippen molar-refractivity contribution in [1.82, 2.24) is 10.3 Å². The number of aromatic nitrogens is 1. The first kappa shape index (κ1) is 15.0. The molecule has 1 heterocycles. The molecule has 0 aliphatic rings. The predicted octanol–water partition coefficient (Wildman–Crippen LogP) is 1.47. The van der Waals surface area contributed by atoms with Crippen LogP contribution in [0.15, 0.2) is 48.7 Å². The largest absolute Gasteiger partial charge is 0.491 e. The van der Waals surface area contributed by atoms with Crippen molar-refractivity contribution < 1.29 is 9.57 Å². The van der Waals surface area contributed by atoms with E-state index in [4.69, 9.17) is 16.0 Å². The van der Waals surface area contributed by atoms with Crippen molar-refractivity contribution in [2.45, 2.75) is 6.54 Å². The van der Waals surface area contributed by atoms with Crippen LogP contribution in [0, 0.1) is 5.41 Å². The molecule has 6 nitrogen and oxygen atoms in total. The minimum absolute atomic E-state index is 0.337. The van der Waals surface area contributed by atoms with Crippen LogP contribution in [0.1, 0.15) is 11.3 Å². The smallest absolute Gasteiger partial charge is 0.125 e. The number of hydrogen-bond donors (Lipinski definition) is 3. The van der Waals surface area contributed by atoms with Crippen LogP contribution in [0.25, 0.3) is 0 Å². The van der Waals surface area contributed by atoms with E-state index in [1.165, 1.54) is 0 Å². The lowest BCUT2D eigenvalue weighted by molar-refractivity contribution is 0.102. The van der Waals surface area contributed by atoms with Gasteiger partial charge in [-0.25, -0.2) is 5.90 Å². The van der Waals surface area contributed by atoms with Gasteiger partial charge in [-0.1, -0.05) is 6.07 Å². The van der Waals surface area contributed by atoms with Crippen LogP contribution < -0.4 is 16.0 Å². The summed E-state index contributed by atoms with van der Waals surface area (Å²) >= 11 is 0. The third kappa shape index (κ3) is 4.87. The molecule has 0 fully saturated rings. The number of amidine groups is 1. The molecule has 2 aromatic rings. The highest BCUT2D eigenvalue weighted by Gasteiger charge is 2.02. The van der Waals surface area contributed by atoms with Crippen LogP contribution >= 0.6 is 0 Å². The van der Waals surface area contributed by atoms with Crippen molar-refractivity contribution in [2.75, 3.05) is 13.2 Å². The van der Waals surface area contributed by atoms with E-state index in [9.17, 15) is 0 Å². The SMILES string of the molecule is N=C(NCc1ccccn1)c1ccc(OCCON)cc1. The summed E-state index contributed by atoms with van der Waals surface area (Å²) in [6.07, 6.45) is 1.73. The quantitative estimate of drug-likeness (QED) is 0.310. The van der Waals surface area contributed by atoms with Crippen LogP contribution in [-0.2, 0) is 11.4 Å². The van der Waals surface area contributed by atoms with Gasteiger partial charge in [0.15, 0.2) is 0 Å². The van der Waals surface area contributed by atoms with Gasteiger partial charge in [-0.15, -0.1) is 0 Å². The molecular formula is C15H18N4O2. The molecule has 0 radical (unpaired) electrons. The molecule has 0 spiro atoms. The zero-order valence-corrected chi connectivity index (χ0v) is 11.6. The standard InChI is InChI=1S/C15H18N4O2/c16-15(19-11-13-3-1-2-8-18-13)12-4-6-14(7-5-12)20-9-10-21-17/h1-8H,9-11,17H2,(H2,16,19). The highest BCUT2D eigenvalue weighted by Crippen LogP contribution is 2.12. The number of hydrogen-bond acceptors (Lipinski definition) is 5. The van der Waals surface area contributed by atoms with Gasteiger partial charge in [0.1, 0.15) is 24.8 Å². The molecule has 0 aliphatic heterocycles. The first-order valence-electron chi connectivity index (χ1n) is 6.57. The van der Waals surface area contributed by atoms with E-state index < -0.39 is 0 Å². The zero-order valence-electron chi connectivity index (χ0n) is 11.6. The Kier molecular flexibility index (Phi) is 5.69. The van der Waals surface area contributed by atoms with Gasteiger partial charge < -0.3 is 14.9 Å². The number of nitrogens with one attached hydrogen (secondary N) is 2. The minimum Gasteiger partial charge on any atom is -0.491 e. The lowest BCUT2D eigenvalue weighted by Gasteiger charge is -2.09. The summed E-state index contributed by atoms with van der Waals surface area (Å²) in [5, 5.41) is 11.0. The number of nitrogens with zero attached hydrogens (tertiary/aromatic N) is 1. The second-order valence-electron chi connectivity index (χ2n) is 4.29. The Morgan fingerprint density at radius 3 is 2.62 bits per heavy atom. The topological polar surface area (TPSA) is 93.2 Å². The average Bonchev–Trinajstić information content (AvgIpc) is 2.54. The Morgan fingerprint density at radius 1 is 1.14 bits per heavy atom. The molecule has 1 aromatic heterocycles. The number of nitrogens with two attached hydrogens (primary N) is 1. The molecule has 0 saturated carbocycles. The Bertz CT molecular complexity index is 558. The van der Waals surface area contributed by atoms with E-state index in [1.54, 1.807) is 6.20 Å². The fraction of sp³-hybridized carbons (Fsp3) is 0.200. The normalized spacial score (nSPS) is 10.1. The fourth-order valence-electron chi connectivity index (χ4n) is 1.71. The number of benzene rings is 1.